The van der Waals surface area contributed by atoms with Crippen LogP contribution in [-0.2, 0) is 9.53 Å². The number of carbonyl (C=O) groups excluding carboxylic acids is 1. The number of rotatable bonds is 2. The van der Waals surface area contributed by atoms with Crippen LogP contribution >= 0.6 is 30.3 Å². The van der Waals surface area contributed by atoms with Crippen molar-refractivity contribution in [1.29, 1.82) is 0 Å². The van der Waals surface area contributed by atoms with Gasteiger partial charge in [0, 0.05) is 27.8 Å². The lowest BCUT2D eigenvalue weighted by Crippen LogP contribution is -2.46. The number of esters is 1. The fourth-order valence-corrected chi connectivity index (χ4v) is 3.30. The highest BCUT2D eigenvalue weighted by Crippen LogP contribution is 2.36. The van der Waals surface area contributed by atoms with Crippen LogP contribution in [-0.4, -0.2) is 40.7 Å². The fraction of sp³-hybridized carbons (Fsp3) is 0.857. The third-order valence-electron chi connectivity index (χ3n) is 2.23. The van der Waals surface area contributed by atoms with Crippen LogP contribution in [0.5, 0.6) is 0 Å². The highest BCUT2D eigenvalue weighted by molar-refractivity contribution is 14.2. The number of carbonyl (C=O) groups is 1. The van der Waals surface area contributed by atoms with Crippen LogP contribution < -0.4 is 0 Å². The number of hydrogen-bond donors (Lipinski definition) is 1. The van der Waals surface area contributed by atoms with Gasteiger partial charge in [0.1, 0.15) is 6.04 Å². The molecule has 76 valence electrons. The first-order chi connectivity index (χ1) is 6.03. The molecule has 1 aliphatic rings. The zero-order valence-electron chi connectivity index (χ0n) is 7.49. The minimum Gasteiger partial charge on any atom is -0.468 e. The van der Waals surface area contributed by atoms with Gasteiger partial charge >= 0.3 is 5.97 Å². The van der Waals surface area contributed by atoms with Gasteiger partial charge in [0.25, 0.3) is 0 Å². The monoisotopic (exact) mass is 317 g/mol. The van der Waals surface area contributed by atoms with Gasteiger partial charge in [0.15, 0.2) is 0 Å². The van der Waals surface area contributed by atoms with E-state index in [0.29, 0.717) is 13.0 Å². The maximum Gasteiger partial charge on any atom is 0.327 e. The number of ether oxygens (including phenoxy) is 1. The van der Waals surface area contributed by atoms with E-state index in [1.807, 2.05) is 4.31 Å². The highest BCUT2D eigenvalue weighted by Gasteiger charge is 2.48. The Morgan fingerprint density at radius 1 is 1.85 bits per heavy atom. The molecule has 0 radical (unpaired) electrons. The number of aliphatic hydroxyl groups is 1. The Morgan fingerprint density at radius 3 is 2.92 bits per heavy atom. The van der Waals surface area contributed by atoms with Gasteiger partial charge in [0.2, 0.25) is 0 Å². The van der Waals surface area contributed by atoms with Gasteiger partial charge in [-0.1, -0.05) is 0 Å². The van der Waals surface area contributed by atoms with Crippen molar-refractivity contribution in [2.75, 3.05) is 13.7 Å². The number of hydrogen-bond acceptors (Lipinski definition) is 5. The van der Waals surface area contributed by atoms with Gasteiger partial charge in [-0.2, -0.15) is 0 Å². The van der Waals surface area contributed by atoms with Gasteiger partial charge in [-0.15, -0.1) is 0 Å². The second kappa shape index (κ2) is 4.33. The van der Waals surface area contributed by atoms with Crippen molar-refractivity contribution >= 4 is 36.3 Å². The van der Waals surface area contributed by atoms with Crippen molar-refractivity contribution in [3.63, 3.8) is 0 Å². The summed E-state index contributed by atoms with van der Waals surface area (Å²) in [6.07, 6.45) is 0.600. The first-order valence-electron chi connectivity index (χ1n) is 3.88. The molecule has 4 nitrogen and oxygen atoms in total. The van der Waals surface area contributed by atoms with E-state index in [1.54, 1.807) is 6.92 Å². The predicted octanol–water partition coefficient (Wildman–Crippen LogP) is 0.983. The van der Waals surface area contributed by atoms with Gasteiger partial charge in [-0.25, -0.2) is 4.31 Å². The van der Waals surface area contributed by atoms with E-state index < -0.39 is 11.6 Å². The SMILES string of the molecule is COC(=O)C1N(SI)CCC1(C)O. The molecule has 6 heteroatoms. The maximum atomic E-state index is 11.4. The minimum atomic E-state index is -0.967. The van der Waals surface area contributed by atoms with E-state index in [-0.39, 0.29) is 5.97 Å². The van der Waals surface area contributed by atoms with Crippen molar-refractivity contribution < 1.29 is 14.6 Å². The lowest BCUT2D eigenvalue weighted by atomic mass is 9.98. The van der Waals surface area contributed by atoms with Crippen LogP contribution in [0.15, 0.2) is 0 Å². The van der Waals surface area contributed by atoms with Crippen LogP contribution in [0.1, 0.15) is 13.3 Å². The molecule has 0 aromatic carbocycles. The van der Waals surface area contributed by atoms with E-state index in [9.17, 15) is 9.90 Å². The second-order valence-corrected chi connectivity index (χ2v) is 5.03. The van der Waals surface area contributed by atoms with Gasteiger partial charge in [-0.05, 0) is 22.5 Å². The van der Waals surface area contributed by atoms with Gasteiger partial charge in [-0.3, -0.25) is 4.79 Å². The normalized spacial score (nSPS) is 34.9. The quantitative estimate of drug-likeness (QED) is 0.467. The summed E-state index contributed by atoms with van der Waals surface area (Å²) in [5.74, 6) is -0.369. The first kappa shape index (κ1) is 11.5. The molecule has 13 heavy (non-hydrogen) atoms. The zero-order valence-corrected chi connectivity index (χ0v) is 10.5. The lowest BCUT2D eigenvalue weighted by Gasteiger charge is -2.26. The predicted molar refractivity (Wildman–Crippen MR) is 59.4 cm³/mol. The van der Waals surface area contributed by atoms with Crippen LogP contribution in [0.4, 0.5) is 0 Å². The third kappa shape index (κ3) is 2.28. The Kier molecular flexibility index (Phi) is 3.84. The maximum absolute atomic E-state index is 11.4. The molecule has 1 heterocycles. The molecule has 0 aromatic heterocycles. The second-order valence-electron chi connectivity index (χ2n) is 3.24. The highest BCUT2D eigenvalue weighted by atomic mass is 127. The van der Waals surface area contributed by atoms with Gasteiger partial charge < -0.3 is 9.84 Å². The van der Waals surface area contributed by atoms with E-state index in [4.69, 9.17) is 0 Å². The molecule has 0 aromatic rings. The van der Waals surface area contributed by atoms with Crippen molar-refractivity contribution in [2.45, 2.75) is 25.0 Å². The molecule has 0 bridgehead atoms. The molecular weight excluding hydrogens is 305 g/mol. The molecule has 1 N–H and O–H groups in total. The lowest BCUT2D eigenvalue weighted by molar-refractivity contribution is -0.150. The molecule has 1 aliphatic heterocycles. The molecule has 0 amide bonds. The molecule has 1 rings (SSSR count). The van der Waals surface area contributed by atoms with Gasteiger partial charge in [0.05, 0.1) is 12.7 Å². The van der Waals surface area contributed by atoms with E-state index in [2.05, 4.69) is 25.9 Å². The Bertz CT molecular complexity index is 212. The Balaban J connectivity index is 2.80. The molecule has 1 fully saturated rings. The Labute approximate surface area is 93.7 Å². The average Bonchev–Trinajstić information content (AvgIpc) is 2.39. The molecule has 2 unspecified atom stereocenters. The number of nitrogens with zero attached hydrogens (tertiary/aromatic N) is 1. The van der Waals surface area contributed by atoms with E-state index >= 15 is 0 Å². The van der Waals surface area contributed by atoms with Crippen molar-refractivity contribution in [2.24, 2.45) is 0 Å². The van der Waals surface area contributed by atoms with Crippen LogP contribution in [0.2, 0.25) is 0 Å². The summed E-state index contributed by atoms with van der Waals surface area (Å²) in [6, 6.07) is -0.542. The molecular formula is C7H12INO3S. The summed E-state index contributed by atoms with van der Waals surface area (Å²) in [6.45, 7) is 2.38. The number of halogens is 1. The fourth-order valence-electron chi connectivity index (χ4n) is 1.47. The largest absolute Gasteiger partial charge is 0.468 e. The molecule has 0 spiro atoms. The Hall–Kier alpha value is 0.470. The van der Waals surface area contributed by atoms with Crippen LogP contribution in [0.25, 0.3) is 0 Å². The van der Waals surface area contributed by atoms with Crippen LogP contribution in [0, 0.1) is 0 Å². The van der Waals surface area contributed by atoms with E-state index in [0.717, 1.165) is 0 Å². The molecule has 1 saturated heterocycles. The summed E-state index contributed by atoms with van der Waals surface area (Å²) in [4.78, 5) is 11.4. The molecule has 2 atom stereocenters. The van der Waals surface area contributed by atoms with Crippen molar-refractivity contribution in [1.82, 2.24) is 4.31 Å². The standard InChI is InChI=1S/C7H12INO3S/c1-7(11)3-4-9(13-8)5(7)6(10)12-2/h5,11H,3-4H2,1-2H3. The summed E-state index contributed by atoms with van der Waals surface area (Å²) in [7, 11) is 2.77. The summed E-state index contributed by atoms with van der Waals surface area (Å²) in [5.41, 5.74) is -0.967. The Morgan fingerprint density at radius 2 is 2.46 bits per heavy atom. The summed E-state index contributed by atoms with van der Waals surface area (Å²) >= 11 is 2.09. The zero-order chi connectivity index (χ0) is 10.1. The average molecular weight is 317 g/mol. The van der Waals surface area contributed by atoms with E-state index in [1.165, 1.54) is 16.2 Å². The topological polar surface area (TPSA) is 49.8 Å². The summed E-state index contributed by atoms with van der Waals surface area (Å²) in [5, 5.41) is 9.90. The first-order valence-corrected chi connectivity index (χ1v) is 7.20. The molecule has 0 aliphatic carbocycles. The molecule has 0 saturated carbocycles. The van der Waals surface area contributed by atoms with Crippen molar-refractivity contribution in [3.8, 4) is 0 Å². The smallest absolute Gasteiger partial charge is 0.327 e. The third-order valence-corrected chi connectivity index (χ3v) is 4.32. The number of methoxy groups -OCH3 is 1. The van der Waals surface area contributed by atoms with Crippen molar-refractivity contribution in [3.05, 3.63) is 0 Å². The minimum absolute atomic E-state index is 0.369. The van der Waals surface area contributed by atoms with Crippen LogP contribution in [0.3, 0.4) is 0 Å². The summed E-state index contributed by atoms with van der Waals surface area (Å²) < 4.78 is 6.48.